The lowest BCUT2D eigenvalue weighted by Crippen LogP contribution is -1.97. The van der Waals surface area contributed by atoms with E-state index in [0.717, 1.165) is 18.8 Å². The second kappa shape index (κ2) is 10.6. The predicted octanol–water partition coefficient (Wildman–Crippen LogP) is 4.66. The first-order valence-corrected chi connectivity index (χ1v) is 7.48. The Morgan fingerprint density at radius 3 is 2.05 bits per heavy atom. The van der Waals surface area contributed by atoms with Crippen LogP contribution in [0, 0.1) is 0 Å². The molecule has 0 saturated heterocycles. The van der Waals surface area contributed by atoms with E-state index in [1.165, 1.54) is 44.9 Å². The highest BCUT2D eigenvalue weighted by Crippen LogP contribution is 2.12. The summed E-state index contributed by atoms with van der Waals surface area (Å²) in [6, 6.07) is 7.11. The van der Waals surface area contributed by atoms with Gasteiger partial charge in [0.05, 0.1) is 6.61 Å². The van der Waals surface area contributed by atoms with Crippen molar-refractivity contribution in [1.82, 2.24) is 0 Å². The van der Waals surface area contributed by atoms with E-state index >= 15 is 0 Å². The first kappa shape index (κ1) is 15.7. The third kappa shape index (κ3) is 7.66. The zero-order valence-corrected chi connectivity index (χ0v) is 12.0. The van der Waals surface area contributed by atoms with Gasteiger partial charge in [-0.05, 0) is 30.7 Å². The zero-order chi connectivity index (χ0) is 13.8. The molecule has 1 rings (SSSR count). The van der Waals surface area contributed by atoms with Crippen LogP contribution < -0.4 is 4.74 Å². The Bertz CT molecular complexity index is 330. The molecule has 0 fully saturated rings. The van der Waals surface area contributed by atoms with Crippen molar-refractivity contribution in [3.63, 3.8) is 0 Å². The quantitative estimate of drug-likeness (QED) is 0.541. The van der Waals surface area contributed by atoms with Crippen molar-refractivity contribution in [2.75, 3.05) is 6.61 Å². The van der Waals surface area contributed by atoms with Crippen molar-refractivity contribution >= 4 is 6.29 Å². The van der Waals surface area contributed by atoms with Crippen molar-refractivity contribution in [1.29, 1.82) is 0 Å². The molecule has 0 amide bonds. The summed E-state index contributed by atoms with van der Waals surface area (Å²) in [6.45, 7) is 3.01. The SMILES string of the molecule is CCCCCCCCCCOc1ccc([C]=O)cc1. The third-order valence-electron chi connectivity index (χ3n) is 3.24. The second-order valence-corrected chi connectivity index (χ2v) is 4.95. The zero-order valence-electron chi connectivity index (χ0n) is 12.0. The van der Waals surface area contributed by atoms with E-state index in [-0.39, 0.29) is 0 Å². The number of unbranched alkanes of at least 4 members (excludes halogenated alkanes) is 7. The number of hydrogen-bond acceptors (Lipinski definition) is 2. The highest BCUT2D eigenvalue weighted by Gasteiger charge is 1.96. The Morgan fingerprint density at radius 1 is 0.895 bits per heavy atom. The lowest BCUT2D eigenvalue weighted by Gasteiger charge is -2.06. The van der Waals surface area contributed by atoms with Crippen molar-refractivity contribution in [2.24, 2.45) is 0 Å². The molecule has 0 atom stereocenters. The molecule has 0 aliphatic carbocycles. The number of ether oxygens (including phenoxy) is 1. The molecule has 0 heterocycles. The van der Waals surface area contributed by atoms with Crippen LogP contribution in [0.2, 0.25) is 0 Å². The maximum atomic E-state index is 10.4. The molecule has 0 spiro atoms. The van der Waals surface area contributed by atoms with Gasteiger partial charge in [-0.1, -0.05) is 51.9 Å². The molecule has 19 heavy (non-hydrogen) atoms. The first-order chi connectivity index (χ1) is 9.36. The molecule has 1 aromatic rings. The molecule has 0 saturated carbocycles. The van der Waals surface area contributed by atoms with Gasteiger partial charge in [0, 0.05) is 5.56 Å². The summed E-state index contributed by atoms with van der Waals surface area (Å²) in [4.78, 5) is 10.4. The Morgan fingerprint density at radius 2 is 1.47 bits per heavy atom. The lowest BCUT2D eigenvalue weighted by molar-refractivity contribution is 0.304. The van der Waals surface area contributed by atoms with Gasteiger partial charge >= 0.3 is 0 Å². The summed E-state index contributed by atoms with van der Waals surface area (Å²) in [5, 5.41) is 0. The molecule has 105 valence electrons. The summed E-state index contributed by atoms with van der Waals surface area (Å²) in [7, 11) is 0. The first-order valence-electron chi connectivity index (χ1n) is 7.48. The molecule has 0 bridgehead atoms. The van der Waals surface area contributed by atoms with E-state index < -0.39 is 0 Å². The molecule has 0 unspecified atom stereocenters. The fraction of sp³-hybridized carbons (Fsp3) is 0.588. The van der Waals surface area contributed by atoms with Crippen LogP contribution in [-0.4, -0.2) is 12.9 Å². The molecular weight excluding hydrogens is 236 g/mol. The van der Waals surface area contributed by atoms with Gasteiger partial charge in [-0.25, -0.2) is 0 Å². The standard InChI is InChI=1S/C17H25O2/c1-2-3-4-5-6-7-8-9-14-19-17-12-10-16(15-18)11-13-17/h10-13H,2-9,14H2,1H3. The molecule has 2 nitrogen and oxygen atoms in total. The van der Waals surface area contributed by atoms with Crippen LogP contribution in [0.15, 0.2) is 24.3 Å². The Labute approximate surface area is 117 Å². The highest BCUT2D eigenvalue weighted by molar-refractivity contribution is 5.75. The van der Waals surface area contributed by atoms with Crippen LogP contribution >= 0.6 is 0 Å². The molecule has 1 aromatic carbocycles. The molecule has 0 aliphatic rings. The minimum absolute atomic E-state index is 0.569. The topological polar surface area (TPSA) is 26.3 Å². The van der Waals surface area contributed by atoms with Crippen LogP contribution in [0.25, 0.3) is 0 Å². The monoisotopic (exact) mass is 261 g/mol. The summed E-state index contributed by atoms with van der Waals surface area (Å²) < 4.78 is 5.62. The molecule has 0 aliphatic heterocycles. The van der Waals surface area contributed by atoms with Gasteiger partial charge in [0.1, 0.15) is 5.75 Å². The largest absolute Gasteiger partial charge is 0.494 e. The number of carbonyl (C=O) groups excluding carboxylic acids is 1. The molecule has 2 heteroatoms. The summed E-state index contributed by atoms with van der Waals surface area (Å²) in [5.41, 5.74) is 0.569. The Balaban J connectivity index is 1.96. The van der Waals surface area contributed by atoms with Gasteiger partial charge in [0.15, 0.2) is 0 Å². The third-order valence-corrected chi connectivity index (χ3v) is 3.24. The van der Waals surface area contributed by atoms with Gasteiger partial charge in [0.25, 0.3) is 0 Å². The lowest BCUT2D eigenvalue weighted by atomic mass is 10.1. The van der Waals surface area contributed by atoms with E-state index in [2.05, 4.69) is 6.92 Å². The fourth-order valence-corrected chi connectivity index (χ4v) is 2.05. The van der Waals surface area contributed by atoms with Crippen LogP contribution in [-0.2, 0) is 4.79 Å². The summed E-state index contributed by atoms with van der Waals surface area (Å²) in [5.74, 6) is 0.835. The van der Waals surface area contributed by atoms with E-state index in [1.807, 2.05) is 18.4 Å². The van der Waals surface area contributed by atoms with Gasteiger partial charge in [-0.3, -0.25) is 4.79 Å². The van der Waals surface area contributed by atoms with Gasteiger partial charge < -0.3 is 4.74 Å². The number of benzene rings is 1. The summed E-state index contributed by atoms with van der Waals surface area (Å²) >= 11 is 0. The van der Waals surface area contributed by atoms with Crippen molar-refractivity contribution in [3.05, 3.63) is 29.8 Å². The number of rotatable bonds is 11. The Hall–Kier alpha value is -1.31. The number of hydrogen-bond donors (Lipinski definition) is 0. The average molecular weight is 261 g/mol. The second-order valence-electron chi connectivity index (χ2n) is 4.95. The van der Waals surface area contributed by atoms with Gasteiger partial charge in [-0.15, -0.1) is 0 Å². The van der Waals surface area contributed by atoms with Gasteiger partial charge in [0.2, 0.25) is 6.29 Å². The van der Waals surface area contributed by atoms with Crippen molar-refractivity contribution in [3.8, 4) is 5.75 Å². The van der Waals surface area contributed by atoms with Crippen LogP contribution in [0.5, 0.6) is 5.75 Å². The van der Waals surface area contributed by atoms with Crippen molar-refractivity contribution in [2.45, 2.75) is 58.3 Å². The normalized spacial score (nSPS) is 10.4. The highest BCUT2D eigenvalue weighted by atomic mass is 16.5. The van der Waals surface area contributed by atoms with E-state index in [0.29, 0.717) is 5.56 Å². The fourth-order valence-electron chi connectivity index (χ4n) is 2.05. The minimum Gasteiger partial charge on any atom is -0.494 e. The van der Waals surface area contributed by atoms with Crippen LogP contribution in [0.4, 0.5) is 0 Å². The minimum atomic E-state index is 0.569. The summed E-state index contributed by atoms with van der Waals surface area (Å²) in [6.07, 6.45) is 12.3. The smallest absolute Gasteiger partial charge is 0.233 e. The molecule has 0 N–H and O–H groups in total. The van der Waals surface area contributed by atoms with Gasteiger partial charge in [-0.2, -0.15) is 0 Å². The average Bonchev–Trinajstić information content (AvgIpc) is 2.46. The molecule has 1 radical (unpaired) electrons. The van der Waals surface area contributed by atoms with E-state index in [1.54, 1.807) is 12.1 Å². The van der Waals surface area contributed by atoms with Crippen LogP contribution in [0.3, 0.4) is 0 Å². The van der Waals surface area contributed by atoms with E-state index in [4.69, 9.17) is 4.74 Å². The Kier molecular flexibility index (Phi) is 8.78. The van der Waals surface area contributed by atoms with Crippen LogP contribution in [0.1, 0.15) is 63.9 Å². The van der Waals surface area contributed by atoms with Crippen molar-refractivity contribution < 1.29 is 9.53 Å². The maximum Gasteiger partial charge on any atom is 0.233 e. The van der Waals surface area contributed by atoms with E-state index in [9.17, 15) is 4.79 Å². The maximum absolute atomic E-state index is 10.4. The predicted molar refractivity (Wildman–Crippen MR) is 79.3 cm³/mol. The molecular formula is C17H25O2. The molecule has 0 aromatic heterocycles.